The van der Waals surface area contributed by atoms with E-state index in [-0.39, 0.29) is 11.3 Å². The fourth-order valence-electron chi connectivity index (χ4n) is 4.04. The van der Waals surface area contributed by atoms with Crippen LogP contribution < -0.4 is 10.9 Å². The van der Waals surface area contributed by atoms with Gasteiger partial charge in [-0.15, -0.1) is 11.3 Å². The van der Waals surface area contributed by atoms with Gasteiger partial charge in [0.2, 0.25) is 0 Å². The zero-order valence-electron chi connectivity index (χ0n) is 16.3. The Bertz CT molecular complexity index is 1210. The zero-order valence-corrected chi connectivity index (χ0v) is 17.1. The van der Waals surface area contributed by atoms with Gasteiger partial charge in [0.25, 0.3) is 5.56 Å². The lowest BCUT2D eigenvalue weighted by atomic mass is 9.91. The second kappa shape index (κ2) is 7.41. The van der Waals surface area contributed by atoms with E-state index in [2.05, 4.69) is 41.5 Å². The van der Waals surface area contributed by atoms with E-state index in [1.165, 1.54) is 16.9 Å². The molecule has 4 nitrogen and oxygen atoms in total. The Morgan fingerprint density at radius 2 is 1.96 bits per heavy atom. The molecule has 0 fully saturated rings. The third-order valence-electron chi connectivity index (χ3n) is 5.50. The molecule has 0 saturated carbocycles. The lowest BCUT2D eigenvalue weighted by Crippen LogP contribution is -2.16. The molecule has 2 aromatic heterocycles. The van der Waals surface area contributed by atoms with Gasteiger partial charge in [-0.2, -0.15) is 0 Å². The van der Waals surface area contributed by atoms with Crippen molar-refractivity contribution in [3.05, 3.63) is 63.3 Å². The lowest BCUT2D eigenvalue weighted by Gasteiger charge is -2.17. The van der Waals surface area contributed by atoms with E-state index in [1.807, 2.05) is 25.4 Å². The molecule has 0 aliphatic heterocycles. The van der Waals surface area contributed by atoms with Crippen molar-refractivity contribution in [3.8, 4) is 16.9 Å². The van der Waals surface area contributed by atoms with Gasteiger partial charge in [0.1, 0.15) is 10.4 Å². The smallest absolute Gasteiger partial charge is 0.266 e. The van der Waals surface area contributed by atoms with Crippen LogP contribution in [-0.2, 0) is 0 Å². The number of phenols is 1. The third kappa shape index (κ3) is 3.01. The quantitative estimate of drug-likeness (QED) is 0.441. The highest BCUT2D eigenvalue weighted by Gasteiger charge is 2.18. The Morgan fingerprint density at radius 3 is 2.64 bits per heavy atom. The van der Waals surface area contributed by atoms with Gasteiger partial charge in [-0.25, -0.2) is 0 Å². The Morgan fingerprint density at radius 1 is 1.21 bits per heavy atom. The van der Waals surface area contributed by atoms with Crippen LogP contribution in [-0.4, -0.2) is 23.7 Å². The van der Waals surface area contributed by atoms with Crippen LogP contribution in [0.2, 0.25) is 0 Å². The summed E-state index contributed by atoms with van der Waals surface area (Å²) in [6.07, 6.45) is 1.07. The lowest BCUT2D eigenvalue weighted by molar-refractivity contribution is 0.477. The number of aromatic hydroxyl groups is 1. The minimum atomic E-state index is -0.0783. The number of rotatable bonds is 5. The minimum absolute atomic E-state index is 0.0783. The molecule has 4 aromatic rings. The molecule has 144 valence electrons. The van der Waals surface area contributed by atoms with Crippen LogP contribution in [0.5, 0.6) is 5.75 Å². The van der Waals surface area contributed by atoms with Gasteiger partial charge >= 0.3 is 0 Å². The molecule has 2 aromatic carbocycles. The first kappa shape index (κ1) is 18.7. The molecule has 0 bridgehead atoms. The van der Waals surface area contributed by atoms with E-state index in [1.54, 1.807) is 6.07 Å². The SMILES string of the molecule is CCC(CNC)c1ccc(-c2c(O)cc(C)c3[nH]c(=O)c4sccc4c23)cc1. The molecular formula is C23H24N2O2S. The Kier molecular flexibility index (Phi) is 4.96. The number of H-pyrrole nitrogens is 1. The highest BCUT2D eigenvalue weighted by atomic mass is 32.1. The van der Waals surface area contributed by atoms with Gasteiger partial charge in [0, 0.05) is 22.9 Å². The van der Waals surface area contributed by atoms with Gasteiger partial charge in [0.15, 0.2) is 0 Å². The summed E-state index contributed by atoms with van der Waals surface area (Å²) in [7, 11) is 1.97. The zero-order chi connectivity index (χ0) is 19.8. The maximum Gasteiger partial charge on any atom is 0.266 e. The second-order valence-corrected chi connectivity index (χ2v) is 8.16. The predicted molar refractivity (Wildman–Crippen MR) is 119 cm³/mol. The first-order chi connectivity index (χ1) is 13.5. The van der Waals surface area contributed by atoms with Crippen LogP contribution in [0.25, 0.3) is 32.1 Å². The molecule has 4 rings (SSSR count). The monoisotopic (exact) mass is 392 g/mol. The molecule has 0 spiro atoms. The third-order valence-corrected chi connectivity index (χ3v) is 6.41. The molecule has 1 unspecified atom stereocenters. The number of likely N-dealkylation sites (N-methyl/N-ethyl adjacent to an activating group) is 1. The second-order valence-electron chi connectivity index (χ2n) is 7.24. The van der Waals surface area contributed by atoms with Crippen molar-refractivity contribution in [2.75, 3.05) is 13.6 Å². The standard InChI is InChI=1S/C23H24N2O2S/c1-4-14(12-24-3)15-5-7-16(8-6-15)19-18(26)11-13(2)21-20(19)17-9-10-28-22(17)23(27)25-21/h5-11,14,24,26H,4,12H2,1-3H3,(H,25,27). The summed E-state index contributed by atoms with van der Waals surface area (Å²) in [6, 6.07) is 12.1. The average Bonchev–Trinajstić information content (AvgIpc) is 3.18. The molecule has 1 atom stereocenters. The number of aromatic amines is 1. The summed E-state index contributed by atoms with van der Waals surface area (Å²) in [4.78, 5) is 15.5. The van der Waals surface area contributed by atoms with Gasteiger partial charge in [-0.1, -0.05) is 31.2 Å². The van der Waals surface area contributed by atoms with Crippen molar-refractivity contribution < 1.29 is 5.11 Å². The number of aromatic nitrogens is 1. The number of nitrogens with one attached hydrogen (secondary N) is 2. The van der Waals surface area contributed by atoms with Gasteiger partial charge in [-0.05, 0) is 60.5 Å². The Balaban J connectivity index is 1.96. The van der Waals surface area contributed by atoms with E-state index in [0.29, 0.717) is 10.6 Å². The van der Waals surface area contributed by atoms with Crippen LogP contribution in [0.15, 0.2) is 46.6 Å². The van der Waals surface area contributed by atoms with Crippen molar-refractivity contribution in [2.45, 2.75) is 26.2 Å². The van der Waals surface area contributed by atoms with E-state index < -0.39 is 0 Å². The number of thiophene rings is 1. The topological polar surface area (TPSA) is 65.1 Å². The van der Waals surface area contributed by atoms with Gasteiger partial charge < -0.3 is 15.4 Å². The van der Waals surface area contributed by atoms with E-state index in [4.69, 9.17) is 0 Å². The van der Waals surface area contributed by atoms with Crippen molar-refractivity contribution in [3.63, 3.8) is 0 Å². The first-order valence-electron chi connectivity index (χ1n) is 9.55. The molecule has 0 amide bonds. The number of pyridine rings is 1. The van der Waals surface area contributed by atoms with Crippen molar-refractivity contribution in [1.82, 2.24) is 10.3 Å². The number of hydrogen-bond donors (Lipinski definition) is 3. The molecule has 0 aliphatic carbocycles. The molecule has 2 heterocycles. The van der Waals surface area contributed by atoms with Gasteiger partial charge in [0.05, 0.1) is 5.52 Å². The van der Waals surface area contributed by atoms with E-state index in [9.17, 15) is 9.90 Å². The Labute approximate surface area is 167 Å². The van der Waals surface area contributed by atoms with Crippen molar-refractivity contribution in [1.29, 1.82) is 0 Å². The number of hydrogen-bond acceptors (Lipinski definition) is 4. The maximum absolute atomic E-state index is 12.4. The van der Waals surface area contributed by atoms with Crippen LogP contribution in [0.4, 0.5) is 0 Å². The molecular weight excluding hydrogens is 368 g/mol. The summed E-state index contributed by atoms with van der Waals surface area (Å²) < 4.78 is 0.690. The molecule has 5 heteroatoms. The number of aryl methyl sites for hydroxylation is 1. The summed E-state index contributed by atoms with van der Waals surface area (Å²) >= 11 is 1.43. The molecule has 0 aliphatic rings. The van der Waals surface area contributed by atoms with Crippen LogP contribution in [0, 0.1) is 6.92 Å². The maximum atomic E-state index is 12.4. The highest BCUT2D eigenvalue weighted by molar-refractivity contribution is 7.17. The summed E-state index contributed by atoms with van der Waals surface area (Å²) in [6.45, 7) is 5.04. The normalized spacial score (nSPS) is 12.7. The van der Waals surface area contributed by atoms with Crippen LogP contribution in [0.3, 0.4) is 0 Å². The summed E-state index contributed by atoms with van der Waals surface area (Å²) in [5.74, 6) is 0.696. The largest absolute Gasteiger partial charge is 0.507 e. The number of benzene rings is 2. The molecule has 0 radical (unpaired) electrons. The molecule has 3 N–H and O–H groups in total. The van der Waals surface area contributed by atoms with Crippen LogP contribution >= 0.6 is 11.3 Å². The van der Waals surface area contributed by atoms with Crippen molar-refractivity contribution in [2.24, 2.45) is 0 Å². The molecule has 28 heavy (non-hydrogen) atoms. The average molecular weight is 393 g/mol. The van der Waals surface area contributed by atoms with Crippen LogP contribution in [0.1, 0.15) is 30.4 Å². The summed E-state index contributed by atoms with van der Waals surface area (Å²) in [5.41, 5.74) is 4.57. The number of phenolic OH excluding ortho intramolecular Hbond substituents is 1. The number of fused-ring (bicyclic) bond motifs is 3. The predicted octanol–water partition coefficient (Wildman–Crippen LogP) is 5.14. The fraction of sp³-hybridized carbons (Fsp3) is 0.261. The summed E-state index contributed by atoms with van der Waals surface area (Å²) in [5, 5.41) is 17.8. The van der Waals surface area contributed by atoms with Gasteiger partial charge in [-0.3, -0.25) is 4.79 Å². The van der Waals surface area contributed by atoms with E-state index >= 15 is 0 Å². The Hall–Kier alpha value is -2.63. The van der Waals surface area contributed by atoms with Crippen molar-refractivity contribution >= 4 is 32.3 Å². The molecule has 0 saturated heterocycles. The highest BCUT2D eigenvalue weighted by Crippen LogP contribution is 2.41. The minimum Gasteiger partial charge on any atom is -0.507 e. The fourth-order valence-corrected chi connectivity index (χ4v) is 4.84. The first-order valence-corrected chi connectivity index (χ1v) is 10.4. The van der Waals surface area contributed by atoms with E-state index in [0.717, 1.165) is 45.9 Å².